The molecule has 1 aliphatic rings. The average molecular weight is 300 g/mol. The maximum Gasteiger partial charge on any atom is 0.267 e. The summed E-state index contributed by atoms with van der Waals surface area (Å²) in [5.74, 6) is 0.798. The number of amides is 1. The first kappa shape index (κ1) is 12.3. The number of hydrogen-bond acceptors (Lipinski definition) is 4. The molecule has 3 N–H and O–H groups in total. The fourth-order valence-electron chi connectivity index (χ4n) is 1.59. The third-order valence-corrected chi connectivity index (χ3v) is 3.23. The predicted molar refractivity (Wildman–Crippen MR) is 67.8 cm³/mol. The van der Waals surface area contributed by atoms with Crippen LogP contribution in [0.4, 0.5) is 5.82 Å². The minimum absolute atomic E-state index is 0.210. The second-order valence-electron chi connectivity index (χ2n) is 4.66. The standard InChI is InChI=1S/C11H14BrN3O2/c1-11(2,5-13)8-10(16)15-9-6(17-8)3-4-7(12)14-9/h3-4,8H,5,13H2,1-2H3,(H,14,15,16). The SMILES string of the molecule is CC(C)(CN)C1Oc2ccc(Br)nc2NC1=O. The number of anilines is 1. The minimum Gasteiger partial charge on any atom is -0.476 e. The lowest BCUT2D eigenvalue weighted by Gasteiger charge is -2.35. The molecular weight excluding hydrogens is 286 g/mol. The number of nitrogens with zero attached hydrogens (tertiary/aromatic N) is 1. The van der Waals surface area contributed by atoms with E-state index in [9.17, 15) is 4.79 Å². The van der Waals surface area contributed by atoms with Gasteiger partial charge in [-0.2, -0.15) is 0 Å². The van der Waals surface area contributed by atoms with Crippen LogP contribution in [0.3, 0.4) is 0 Å². The smallest absolute Gasteiger partial charge is 0.267 e. The topological polar surface area (TPSA) is 77.2 Å². The molecular formula is C11H14BrN3O2. The molecule has 6 heteroatoms. The average Bonchev–Trinajstić information content (AvgIpc) is 2.27. The van der Waals surface area contributed by atoms with Gasteiger partial charge in [0.15, 0.2) is 17.7 Å². The number of fused-ring (bicyclic) bond motifs is 1. The highest BCUT2D eigenvalue weighted by atomic mass is 79.9. The number of nitrogens with one attached hydrogen (secondary N) is 1. The monoisotopic (exact) mass is 299 g/mol. The molecule has 5 nitrogen and oxygen atoms in total. The van der Waals surface area contributed by atoms with Crippen LogP contribution in [0.2, 0.25) is 0 Å². The van der Waals surface area contributed by atoms with Crippen molar-refractivity contribution in [2.24, 2.45) is 11.1 Å². The Bertz CT molecular complexity index is 462. The summed E-state index contributed by atoms with van der Waals surface area (Å²) in [6.45, 7) is 4.16. The van der Waals surface area contributed by atoms with Gasteiger partial charge in [0.1, 0.15) is 4.60 Å². The van der Waals surface area contributed by atoms with Crippen LogP contribution in [-0.4, -0.2) is 23.5 Å². The van der Waals surface area contributed by atoms with Crippen molar-refractivity contribution >= 4 is 27.7 Å². The maximum absolute atomic E-state index is 11.9. The van der Waals surface area contributed by atoms with E-state index in [4.69, 9.17) is 10.5 Å². The van der Waals surface area contributed by atoms with Crippen molar-refractivity contribution in [3.05, 3.63) is 16.7 Å². The molecule has 2 rings (SSSR count). The number of carbonyl (C=O) groups excluding carboxylic acids is 1. The van der Waals surface area contributed by atoms with Gasteiger partial charge in [-0.1, -0.05) is 13.8 Å². The van der Waals surface area contributed by atoms with E-state index < -0.39 is 11.5 Å². The number of carbonyl (C=O) groups is 1. The molecule has 2 heterocycles. The summed E-state index contributed by atoms with van der Waals surface area (Å²) in [6, 6.07) is 3.54. The highest BCUT2D eigenvalue weighted by Gasteiger charge is 2.40. The summed E-state index contributed by atoms with van der Waals surface area (Å²) in [6.07, 6.45) is -0.594. The summed E-state index contributed by atoms with van der Waals surface area (Å²) in [7, 11) is 0. The molecule has 0 aliphatic carbocycles. The number of pyridine rings is 1. The Morgan fingerprint density at radius 1 is 1.59 bits per heavy atom. The van der Waals surface area contributed by atoms with Crippen LogP contribution >= 0.6 is 15.9 Å². The van der Waals surface area contributed by atoms with E-state index in [0.29, 0.717) is 22.7 Å². The highest BCUT2D eigenvalue weighted by Crippen LogP contribution is 2.34. The second kappa shape index (κ2) is 4.27. The first-order valence-corrected chi connectivity index (χ1v) is 6.07. The Kier molecular flexibility index (Phi) is 3.09. The van der Waals surface area contributed by atoms with Crippen LogP contribution in [0.15, 0.2) is 16.7 Å². The van der Waals surface area contributed by atoms with Gasteiger partial charge in [-0.25, -0.2) is 4.98 Å². The normalized spacial score (nSPS) is 19.3. The van der Waals surface area contributed by atoms with E-state index in [1.54, 1.807) is 12.1 Å². The predicted octanol–water partition coefficient (Wildman–Crippen LogP) is 1.53. The summed E-state index contributed by atoms with van der Waals surface area (Å²) in [5, 5.41) is 2.73. The lowest BCUT2D eigenvalue weighted by atomic mass is 9.85. The van der Waals surface area contributed by atoms with Crippen molar-refractivity contribution < 1.29 is 9.53 Å². The Morgan fingerprint density at radius 3 is 2.94 bits per heavy atom. The van der Waals surface area contributed by atoms with Crippen LogP contribution in [0.1, 0.15) is 13.8 Å². The number of rotatable bonds is 2. The molecule has 17 heavy (non-hydrogen) atoms. The lowest BCUT2D eigenvalue weighted by Crippen LogP contribution is -2.50. The van der Waals surface area contributed by atoms with Crippen LogP contribution in [0, 0.1) is 5.41 Å². The third kappa shape index (κ3) is 2.28. The first-order chi connectivity index (χ1) is 7.94. The van der Waals surface area contributed by atoms with Crippen molar-refractivity contribution in [3.8, 4) is 5.75 Å². The number of ether oxygens (including phenoxy) is 1. The van der Waals surface area contributed by atoms with Gasteiger partial charge in [-0.3, -0.25) is 4.79 Å². The fourth-order valence-corrected chi connectivity index (χ4v) is 1.90. The Hall–Kier alpha value is -1.14. The van der Waals surface area contributed by atoms with Gasteiger partial charge in [-0.05, 0) is 28.1 Å². The van der Waals surface area contributed by atoms with E-state index in [-0.39, 0.29) is 5.91 Å². The van der Waals surface area contributed by atoms with Gasteiger partial charge in [0.25, 0.3) is 5.91 Å². The van der Waals surface area contributed by atoms with Crippen LogP contribution < -0.4 is 15.8 Å². The van der Waals surface area contributed by atoms with Crippen molar-refractivity contribution in [3.63, 3.8) is 0 Å². The molecule has 0 bridgehead atoms. The molecule has 1 aromatic rings. The number of aromatic nitrogens is 1. The molecule has 0 radical (unpaired) electrons. The summed E-state index contributed by atoms with van der Waals surface area (Å²) < 4.78 is 6.33. The molecule has 0 saturated carbocycles. The third-order valence-electron chi connectivity index (χ3n) is 2.78. The van der Waals surface area contributed by atoms with Gasteiger partial charge < -0.3 is 15.8 Å². The van der Waals surface area contributed by atoms with E-state index in [1.165, 1.54) is 0 Å². The largest absolute Gasteiger partial charge is 0.476 e. The molecule has 1 atom stereocenters. The Morgan fingerprint density at radius 2 is 2.29 bits per heavy atom. The molecule has 1 unspecified atom stereocenters. The molecule has 92 valence electrons. The van der Waals surface area contributed by atoms with Gasteiger partial charge in [0, 0.05) is 12.0 Å². The van der Waals surface area contributed by atoms with Crippen molar-refractivity contribution in [2.75, 3.05) is 11.9 Å². The van der Waals surface area contributed by atoms with Crippen molar-refractivity contribution in [2.45, 2.75) is 20.0 Å². The first-order valence-electron chi connectivity index (χ1n) is 5.28. The zero-order valence-electron chi connectivity index (χ0n) is 9.66. The van der Waals surface area contributed by atoms with E-state index in [0.717, 1.165) is 0 Å². The summed E-state index contributed by atoms with van der Waals surface area (Å²) >= 11 is 3.24. The van der Waals surface area contributed by atoms with Gasteiger partial charge in [0.2, 0.25) is 0 Å². The number of halogens is 1. The van der Waals surface area contributed by atoms with E-state index in [1.807, 2.05) is 13.8 Å². The van der Waals surface area contributed by atoms with Crippen LogP contribution in [-0.2, 0) is 4.79 Å². The molecule has 1 aliphatic heterocycles. The summed E-state index contributed by atoms with van der Waals surface area (Å²) in [4.78, 5) is 16.1. The second-order valence-corrected chi connectivity index (χ2v) is 5.47. The molecule has 0 spiro atoms. The zero-order chi connectivity index (χ0) is 12.6. The number of hydrogen-bond donors (Lipinski definition) is 2. The Labute approximate surface area is 108 Å². The van der Waals surface area contributed by atoms with Crippen molar-refractivity contribution in [1.82, 2.24) is 4.98 Å². The number of nitrogens with two attached hydrogens (primary N) is 1. The minimum atomic E-state index is -0.594. The van der Waals surface area contributed by atoms with Crippen LogP contribution in [0.25, 0.3) is 0 Å². The van der Waals surface area contributed by atoms with Gasteiger partial charge >= 0.3 is 0 Å². The molecule has 0 saturated heterocycles. The van der Waals surface area contributed by atoms with Gasteiger partial charge in [0.05, 0.1) is 0 Å². The molecule has 1 amide bonds. The van der Waals surface area contributed by atoms with E-state index >= 15 is 0 Å². The van der Waals surface area contributed by atoms with Crippen LogP contribution in [0.5, 0.6) is 5.75 Å². The lowest BCUT2D eigenvalue weighted by molar-refractivity contribution is -0.128. The zero-order valence-corrected chi connectivity index (χ0v) is 11.2. The molecule has 0 aromatic carbocycles. The molecule has 1 aromatic heterocycles. The fraction of sp³-hybridized carbons (Fsp3) is 0.455. The quantitative estimate of drug-likeness (QED) is 0.812. The highest BCUT2D eigenvalue weighted by molar-refractivity contribution is 9.10. The van der Waals surface area contributed by atoms with Crippen molar-refractivity contribution in [1.29, 1.82) is 0 Å². The van der Waals surface area contributed by atoms with Gasteiger partial charge in [-0.15, -0.1) is 0 Å². The summed E-state index contributed by atoms with van der Waals surface area (Å²) in [5.41, 5.74) is 5.24. The van der Waals surface area contributed by atoms with E-state index in [2.05, 4.69) is 26.2 Å². The Balaban J connectivity index is 2.33. The molecule has 0 fully saturated rings. The maximum atomic E-state index is 11.9.